The van der Waals surface area contributed by atoms with Crippen molar-refractivity contribution in [3.05, 3.63) is 109 Å². The Balaban J connectivity index is 0.795. The Morgan fingerprint density at radius 1 is 0.391 bits per heavy atom. The highest BCUT2D eigenvalue weighted by Gasteiger charge is 2.20. The van der Waals surface area contributed by atoms with E-state index in [0.717, 1.165) is 12.1 Å². The highest BCUT2D eigenvalue weighted by Crippen LogP contribution is 2.35. The van der Waals surface area contributed by atoms with Crippen molar-refractivity contribution < 1.29 is 95.4 Å². The van der Waals surface area contributed by atoms with E-state index < -0.39 is 50.3 Å². The number of rotatable bonds is 34. The zero-order chi connectivity index (χ0) is 62.2. The van der Waals surface area contributed by atoms with Gasteiger partial charge in [-0.15, -0.1) is 8.67 Å². The molecule has 464 valence electrons. The van der Waals surface area contributed by atoms with Gasteiger partial charge in [0.15, 0.2) is 0 Å². The topological polar surface area (TPSA) is 472 Å². The van der Waals surface area contributed by atoms with Crippen molar-refractivity contribution in [2.45, 2.75) is 42.2 Å². The van der Waals surface area contributed by atoms with E-state index in [1.165, 1.54) is 72.8 Å². The second kappa shape index (κ2) is 30.0. The molecule has 0 saturated heterocycles. The molecule has 0 amide bonds. The van der Waals surface area contributed by atoms with Gasteiger partial charge < -0.3 is 46.1 Å². The Kier molecular flexibility index (Phi) is 22.6. The van der Waals surface area contributed by atoms with Crippen molar-refractivity contribution in [3.63, 3.8) is 0 Å². The lowest BCUT2D eigenvalue weighted by Gasteiger charge is -2.13. The van der Waals surface area contributed by atoms with E-state index in [-0.39, 0.29) is 87.1 Å². The maximum Gasteiger partial charge on any atom is 0.295 e. The van der Waals surface area contributed by atoms with Gasteiger partial charge in [0.2, 0.25) is 35.7 Å². The molecule has 2 heterocycles. The highest BCUT2D eigenvalue weighted by molar-refractivity contribution is 7.95. The quantitative estimate of drug-likeness (QED) is 0.00609. The van der Waals surface area contributed by atoms with Gasteiger partial charge in [0.25, 0.3) is 40.5 Å². The number of ether oxygens (including phenoxy) is 3. The predicted octanol–water partition coefficient (Wildman–Crippen LogP) is 7.53. The molecular formula is C48H50N12O21S6. The third-order valence-corrected chi connectivity index (χ3v) is 16.2. The minimum Gasteiger partial charge on any atom is -0.379 e. The monoisotopic (exact) mass is 1320 g/mol. The number of aromatic nitrogens is 6. The smallest absolute Gasteiger partial charge is 0.295 e. The third-order valence-electron chi connectivity index (χ3n) is 11.5. The maximum atomic E-state index is 12.2. The van der Waals surface area contributed by atoms with Crippen LogP contribution in [0.5, 0.6) is 0 Å². The summed E-state index contributed by atoms with van der Waals surface area (Å²) in [7, 11) is -18.3. The van der Waals surface area contributed by atoms with Crippen molar-refractivity contribution in [1.29, 1.82) is 0 Å². The van der Waals surface area contributed by atoms with Gasteiger partial charge in [-0.3, -0.25) is 18.2 Å². The molecule has 2 aromatic heterocycles. The van der Waals surface area contributed by atoms with Gasteiger partial charge >= 0.3 is 0 Å². The number of hydrogen-bond acceptors (Lipinski definition) is 31. The molecule has 0 bridgehead atoms. The Labute approximate surface area is 503 Å². The van der Waals surface area contributed by atoms with Crippen LogP contribution in [0.2, 0.25) is 0 Å². The summed E-state index contributed by atoms with van der Waals surface area (Å²) in [6.07, 6.45) is 0.998. The minimum atomic E-state index is -4.70. The van der Waals surface area contributed by atoms with E-state index in [1.54, 1.807) is 24.3 Å². The number of hydrogen-bond donors (Lipinski definition) is 12. The van der Waals surface area contributed by atoms with E-state index in [4.69, 9.17) is 24.7 Å². The van der Waals surface area contributed by atoms with E-state index in [1.807, 2.05) is 0 Å². The van der Waals surface area contributed by atoms with Crippen LogP contribution in [0.1, 0.15) is 12.8 Å². The molecule has 0 saturated carbocycles. The first-order chi connectivity index (χ1) is 41.5. The summed E-state index contributed by atoms with van der Waals surface area (Å²) < 4.78 is 159. The molecule has 0 aliphatic carbocycles. The Morgan fingerprint density at radius 3 is 1.22 bits per heavy atom. The molecule has 6 aromatic carbocycles. The molecule has 0 aliphatic rings. The van der Waals surface area contributed by atoms with Crippen molar-refractivity contribution in [3.8, 4) is 0 Å². The number of benzene rings is 6. The molecule has 39 heteroatoms. The summed E-state index contributed by atoms with van der Waals surface area (Å²) in [6.45, 7) is 2.41. The molecule has 87 heavy (non-hydrogen) atoms. The molecular weight excluding hydrogens is 1270 g/mol. The van der Waals surface area contributed by atoms with Crippen molar-refractivity contribution in [1.82, 2.24) is 29.9 Å². The maximum absolute atomic E-state index is 12.2. The highest BCUT2D eigenvalue weighted by atomic mass is 32.2. The summed E-state index contributed by atoms with van der Waals surface area (Å²) in [5, 5.41) is 44.0. The second-order valence-electron chi connectivity index (χ2n) is 17.6. The van der Waals surface area contributed by atoms with Crippen molar-refractivity contribution >= 4 is 145 Å². The number of nitrogens with one attached hydrogen (secondary N) is 6. The van der Waals surface area contributed by atoms with Gasteiger partial charge in [0.05, 0.1) is 65.2 Å². The molecule has 0 spiro atoms. The summed E-state index contributed by atoms with van der Waals surface area (Å²) in [4.78, 5) is 25.3. The Bertz CT molecular complexity index is 4020. The predicted molar refractivity (Wildman–Crippen MR) is 313 cm³/mol. The SMILES string of the molecule is O=S(=O)(O)c1ccc(Nc2nc(NCCCOCCOCCOCCCNc3nc(Nc4ccc(S(=O)(=O)O)cc4)nc(Nc4ccc5c(S(=O)(=O)O)cc(SOOO)cc5c4)n3)nc(Nc3ccc4c(SOOO)cc(S(=O)(=O)O)cc4c3)n2)cc1. The lowest BCUT2D eigenvalue weighted by molar-refractivity contribution is -0.432. The molecule has 8 aromatic rings. The van der Waals surface area contributed by atoms with Crippen LogP contribution >= 0.6 is 24.1 Å². The first kappa shape index (κ1) is 65.6. The van der Waals surface area contributed by atoms with Gasteiger partial charge in [-0.1, -0.05) is 22.2 Å². The van der Waals surface area contributed by atoms with Crippen LogP contribution in [0.15, 0.2) is 139 Å². The summed E-state index contributed by atoms with van der Waals surface area (Å²) in [5.41, 5.74) is 1.46. The molecule has 0 fully saturated rings. The van der Waals surface area contributed by atoms with Gasteiger partial charge in [0.1, 0.15) is 4.90 Å². The first-order valence-electron chi connectivity index (χ1n) is 24.9. The van der Waals surface area contributed by atoms with E-state index in [0.29, 0.717) is 102 Å². The zero-order valence-electron chi connectivity index (χ0n) is 44.4. The number of anilines is 10. The third kappa shape index (κ3) is 19.8. The molecule has 0 unspecified atom stereocenters. The number of nitrogens with zero attached hydrogens (tertiary/aromatic N) is 6. The average Bonchev–Trinajstić information content (AvgIpc) is 2.01. The second-order valence-corrected chi connectivity index (χ2v) is 24.8. The van der Waals surface area contributed by atoms with Crippen molar-refractivity contribution in [2.24, 2.45) is 0 Å². The van der Waals surface area contributed by atoms with Crippen LogP contribution in [-0.2, 0) is 73.4 Å². The zero-order valence-corrected chi connectivity index (χ0v) is 49.3. The summed E-state index contributed by atoms with van der Waals surface area (Å²) in [5.74, 6) is 0.284. The van der Waals surface area contributed by atoms with E-state index in [2.05, 4.69) is 80.5 Å². The standard InChI is InChI=1S/C48H50N12O21S6/c61-78-80-82-35-25-29-23-34(8-14-40(29)42(27-35)87(72,73)74)54-48-58-44(56-46(60-48)52-32-5-11-37(12-6-32)85(66,67)68)50-16-2-18-76-20-22-77-21-19-75-17-1-15-49-43-55-45(51-31-3-9-36(10-4-31)84(63,64)65)59-47(57-43)53-33-7-13-39-30(24-33)26-38(86(69,70)71)28-41(39)83-81-79-62/h3-14,23-28,61-62H,1-2,15-22H2,(H,63,64,65)(H,66,67,68)(H,69,70,71)(H,72,73,74)(H3,49,51,53,55,57,59)(H3,50,52,54,56,58,60). The van der Waals surface area contributed by atoms with Gasteiger partial charge in [-0.05, 0) is 126 Å². The van der Waals surface area contributed by atoms with Gasteiger partial charge in [0, 0.05) is 64.2 Å². The van der Waals surface area contributed by atoms with Crippen LogP contribution < -0.4 is 31.9 Å². The Hall–Kier alpha value is -7.36. The van der Waals surface area contributed by atoms with Gasteiger partial charge in [-0.2, -0.15) is 63.6 Å². The molecule has 0 aliphatic heterocycles. The van der Waals surface area contributed by atoms with Crippen LogP contribution in [0, 0.1) is 0 Å². The fourth-order valence-corrected chi connectivity index (χ4v) is 11.1. The van der Waals surface area contributed by atoms with Crippen LogP contribution in [0.4, 0.5) is 58.4 Å². The fraction of sp³-hybridized carbons (Fsp3) is 0.208. The fourth-order valence-electron chi connectivity index (χ4n) is 7.72. The number of fused-ring (bicyclic) bond motifs is 2. The summed E-state index contributed by atoms with van der Waals surface area (Å²) in [6, 6.07) is 24.5. The average molecular weight is 1320 g/mol. The van der Waals surface area contributed by atoms with E-state index in [9.17, 15) is 51.9 Å². The Morgan fingerprint density at radius 2 is 0.782 bits per heavy atom. The minimum absolute atomic E-state index is 0.0142. The van der Waals surface area contributed by atoms with Crippen molar-refractivity contribution in [2.75, 3.05) is 84.6 Å². The summed E-state index contributed by atoms with van der Waals surface area (Å²) >= 11 is 0.982. The molecule has 33 nitrogen and oxygen atoms in total. The molecule has 8 rings (SSSR count). The molecule has 0 atom stereocenters. The lowest BCUT2D eigenvalue weighted by Crippen LogP contribution is -2.14. The lowest BCUT2D eigenvalue weighted by atomic mass is 10.1. The van der Waals surface area contributed by atoms with Crippen LogP contribution in [-0.4, -0.2) is 145 Å². The molecule has 12 N–H and O–H groups in total. The van der Waals surface area contributed by atoms with E-state index >= 15 is 0 Å². The molecule has 0 radical (unpaired) electrons. The largest absolute Gasteiger partial charge is 0.379 e. The first-order valence-corrected chi connectivity index (χ1v) is 32.1. The van der Waals surface area contributed by atoms with Crippen LogP contribution in [0.25, 0.3) is 21.5 Å². The van der Waals surface area contributed by atoms with Gasteiger partial charge in [-0.25, -0.2) is 10.5 Å². The van der Waals surface area contributed by atoms with Crippen LogP contribution in [0.3, 0.4) is 0 Å². The normalized spacial score (nSPS) is 12.1.